The number of amides is 1. The van der Waals surface area contributed by atoms with Crippen LogP contribution in [0.4, 0.5) is 0 Å². The maximum atomic E-state index is 11.3. The number of piperidine rings is 1. The van der Waals surface area contributed by atoms with Crippen LogP contribution in [0, 0.1) is 0 Å². The van der Waals surface area contributed by atoms with Crippen LogP contribution in [-0.4, -0.2) is 62.7 Å². The molecule has 2 fully saturated rings. The minimum absolute atomic E-state index is 0.122. The molecule has 3 N–H and O–H groups in total. The fourth-order valence-electron chi connectivity index (χ4n) is 2.67. The van der Waals surface area contributed by atoms with Crippen molar-refractivity contribution in [3.63, 3.8) is 0 Å². The first kappa shape index (κ1) is 12.8. The normalized spacial score (nSPS) is 27.2. The first-order valence-electron chi connectivity index (χ1n) is 6.67. The van der Waals surface area contributed by atoms with Crippen LogP contribution >= 0.6 is 0 Å². The van der Waals surface area contributed by atoms with Crippen LogP contribution in [0.3, 0.4) is 0 Å². The van der Waals surface area contributed by atoms with Crippen molar-refractivity contribution in [2.75, 3.05) is 39.8 Å². The second-order valence-corrected chi connectivity index (χ2v) is 5.08. The maximum Gasteiger partial charge on any atom is 0.233 e. The van der Waals surface area contributed by atoms with Crippen LogP contribution in [0.5, 0.6) is 0 Å². The van der Waals surface area contributed by atoms with Gasteiger partial charge in [-0.05, 0) is 25.8 Å². The zero-order valence-corrected chi connectivity index (χ0v) is 10.7. The van der Waals surface area contributed by atoms with Gasteiger partial charge >= 0.3 is 0 Å². The lowest BCUT2D eigenvalue weighted by Gasteiger charge is -2.33. The summed E-state index contributed by atoms with van der Waals surface area (Å²) in [7, 11) is 1.70. The number of hydrogen-bond acceptors (Lipinski definition) is 4. The van der Waals surface area contributed by atoms with E-state index in [9.17, 15) is 4.79 Å². The van der Waals surface area contributed by atoms with Crippen molar-refractivity contribution in [1.29, 1.82) is 0 Å². The second-order valence-electron chi connectivity index (χ2n) is 5.08. The molecule has 2 aliphatic rings. The van der Waals surface area contributed by atoms with E-state index in [2.05, 4.69) is 20.9 Å². The van der Waals surface area contributed by atoms with Crippen molar-refractivity contribution in [2.24, 2.45) is 0 Å². The highest BCUT2D eigenvalue weighted by Crippen LogP contribution is 2.12. The van der Waals surface area contributed by atoms with Gasteiger partial charge in [-0.15, -0.1) is 0 Å². The Morgan fingerprint density at radius 3 is 2.65 bits per heavy atom. The lowest BCUT2D eigenvalue weighted by Crippen LogP contribution is -2.48. The molecule has 5 nitrogen and oxygen atoms in total. The van der Waals surface area contributed by atoms with Crippen molar-refractivity contribution in [1.82, 2.24) is 20.9 Å². The van der Waals surface area contributed by atoms with Crippen molar-refractivity contribution in [3.8, 4) is 0 Å². The van der Waals surface area contributed by atoms with Crippen LogP contribution < -0.4 is 16.0 Å². The summed E-state index contributed by atoms with van der Waals surface area (Å²) in [4.78, 5) is 13.5. The summed E-state index contributed by atoms with van der Waals surface area (Å²) < 4.78 is 0. The van der Waals surface area contributed by atoms with E-state index in [0.717, 1.165) is 39.0 Å². The fourth-order valence-corrected chi connectivity index (χ4v) is 2.67. The van der Waals surface area contributed by atoms with E-state index < -0.39 is 0 Å². The number of nitrogens with one attached hydrogen (secondary N) is 3. The number of likely N-dealkylation sites (tertiary alicyclic amines) is 1. The van der Waals surface area contributed by atoms with Gasteiger partial charge in [0, 0.05) is 38.8 Å². The van der Waals surface area contributed by atoms with E-state index in [4.69, 9.17) is 0 Å². The molecule has 98 valence electrons. The minimum atomic E-state index is 0.122. The van der Waals surface area contributed by atoms with E-state index in [1.165, 1.54) is 6.42 Å². The summed E-state index contributed by atoms with van der Waals surface area (Å²) >= 11 is 0. The van der Waals surface area contributed by atoms with Gasteiger partial charge in [-0.3, -0.25) is 9.69 Å². The van der Waals surface area contributed by atoms with E-state index >= 15 is 0 Å². The summed E-state index contributed by atoms with van der Waals surface area (Å²) in [6.45, 7) is 4.87. The van der Waals surface area contributed by atoms with Gasteiger partial charge in [0.15, 0.2) is 0 Å². The zero-order valence-electron chi connectivity index (χ0n) is 10.7. The average Bonchev–Trinajstić information content (AvgIpc) is 2.84. The Morgan fingerprint density at radius 1 is 1.29 bits per heavy atom. The molecule has 5 heteroatoms. The average molecular weight is 240 g/mol. The van der Waals surface area contributed by atoms with Crippen LogP contribution in [0.2, 0.25) is 0 Å². The third-order valence-electron chi connectivity index (χ3n) is 3.77. The predicted octanol–water partition coefficient (Wildman–Crippen LogP) is -0.852. The highest BCUT2D eigenvalue weighted by atomic mass is 16.1. The lowest BCUT2D eigenvalue weighted by atomic mass is 10.0. The van der Waals surface area contributed by atoms with Crippen LogP contribution in [0.1, 0.15) is 19.3 Å². The zero-order chi connectivity index (χ0) is 12.1. The largest absolute Gasteiger partial charge is 0.358 e. The van der Waals surface area contributed by atoms with Gasteiger partial charge in [-0.25, -0.2) is 0 Å². The van der Waals surface area contributed by atoms with E-state index in [1.807, 2.05) is 0 Å². The molecule has 1 amide bonds. The van der Waals surface area contributed by atoms with Gasteiger partial charge in [0.1, 0.15) is 0 Å². The number of likely N-dealkylation sites (N-methyl/N-ethyl adjacent to an activating group) is 1. The van der Waals surface area contributed by atoms with Crippen molar-refractivity contribution in [3.05, 3.63) is 0 Å². The monoisotopic (exact) mass is 240 g/mol. The molecule has 17 heavy (non-hydrogen) atoms. The molecule has 0 radical (unpaired) electrons. The minimum Gasteiger partial charge on any atom is -0.358 e. The van der Waals surface area contributed by atoms with Crippen LogP contribution in [0.15, 0.2) is 0 Å². The van der Waals surface area contributed by atoms with Crippen molar-refractivity contribution >= 4 is 5.91 Å². The number of nitrogens with zero attached hydrogens (tertiary/aromatic N) is 1. The fraction of sp³-hybridized carbons (Fsp3) is 0.917. The summed E-state index contributed by atoms with van der Waals surface area (Å²) in [5, 5.41) is 9.77. The predicted molar refractivity (Wildman–Crippen MR) is 67.9 cm³/mol. The van der Waals surface area contributed by atoms with Crippen LogP contribution in [-0.2, 0) is 4.79 Å². The molecule has 1 atom stereocenters. The number of carbonyl (C=O) groups excluding carboxylic acids is 1. The molecule has 2 heterocycles. The summed E-state index contributed by atoms with van der Waals surface area (Å²) in [6.07, 6.45) is 3.57. The molecule has 2 saturated heterocycles. The molecule has 0 aliphatic carbocycles. The Balaban J connectivity index is 1.65. The Bertz CT molecular complexity index is 245. The Morgan fingerprint density at radius 2 is 2.06 bits per heavy atom. The molecule has 0 aromatic rings. The van der Waals surface area contributed by atoms with Gasteiger partial charge < -0.3 is 16.0 Å². The van der Waals surface area contributed by atoms with Gasteiger partial charge in [0.25, 0.3) is 0 Å². The quantitative estimate of drug-likeness (QED) is 0.599. The lowest BCUT2D eigenvalue weighted by molar-refractivity contribution is -0.122. The summed E-state index contributed by atoms with van der Waals surface area (Å²) in [5.41, 5.74) is 0. The molecule has 0 bridgehead atoms. The topological polar surface area (TPSA) is 56.4 Å². The number of rotatable bonds is 4. The van der Waals surface area contributed by atoms with Gasteiger partial charge in [0.05, 0.1) is 6.54 Å². The summed E-state index contributed by atoms with van der Waals surface area (Å²) in [5.74, 6) is 0.122. The molecule has 2 rings (SSSR count). The molecule has 2 aliphatic heterocycles. The summed E-state index contributed by atoms with van der Waals surface area (Å²) in [6, 6.07) is 1.30. The number of carbonyl (C=O) groups is 1. The van der Waals surface area contributed by atoms with Crippen molar-refractivity contribution in [2.45, 2.75) is 31.3 Å². The van der Waals surface area contributed by atoms with E-state index in [1.54, 1.807) is 7.05 Å². The second kappa shape index (κ2) is 6.33. The first-order valence-corrected chi connectivity index (χ1v) is 6.67. The highest BCUT2D eigenvalue weighted by Gasteiger charge is 2.23. The van der Waals surface area contributed by atoms with E-state index in [0.29, 0.717) is 18.6 Å². The van der Waals surface area contributed by atoms with Crippen molar-refractivity contribution < 1.29 is 4.79 Å². The molecule has 0 spiro atoms. The third-order valence-corrected chi connectivity index (χ3v) is 3.77. The third kappa shape index (κ3) is 3.94. The Kier molecular flexibility index (Phi) is 4.76. The molecule has 1 unspecified atom stereocenters. The number of hydrogen-bond donors (Lipinski definition) is 3. The first-order chi connectivity index (χ1) is 8.28. The molecule has 0 aromatic carbocycles. The Labute approximate surface area is 103 Å². The van der Waals surface area contributed by atoms with Gasteiger partial charge in [-0.2, -0.15) is 0 Å². The molecule has 0 saturated carbocycles. The molecule has 0 aromatic heterocycles. The Hall–Kier alpha value is -0.650. The van der Waals surface area contributed by atoms with Gasteiger partial charge in [0.2, 0.25) is 5.91 Å². The molecular formula is C12H24N4O. The van der Waals surface area contributed by atoms with E-state index in [-0.39, 0.29) is 5.91 Å². The standard InChI is InChI=1S/C12H24N4O/c1-13-12(17)9-16-6-3-10(4-7-16)15-11-2-5-14-8-11/h10-11,14-15H,2-9H2,1H3,(H,13,17). The highest BCUT2D eigenvalue weighted by molar-refractivity contribution is 5.77. The van der Waals surface area contributed by atoms with Gasteiger partial charge in [-0.1, -0.05) is 0 Å². The van der Waals surface area contributed by atoms with Crippen LogP contribution in [0.25, 0.3) is 0 Å². The SMILES string of the molecule is CNC(=O)CN1CCC(NC2CCNC2)CC1. The smallest absolute Gasteiger partial charge is 0.233 e. The molecular weight excluding hydrogens is 216 g/mol. The maximum absolute atomic E-state index is 11.3.